The second kappa shape index (κ2) is 7.59. The summed E-state index contributed by atoms with van der Waals surface area (Å²) in [5.41, 5.74) is 0.411. The Morgan fingerprint density at radius 1 is 1.22 bits per heavy atom. The van der Waals surface area contributed by atoms with Gasteiger partial charge in [0.1, 0.15) is 5.00 Å². The summed E-state index contributed by atoms with van der Waals surface area (Å²) in [7, 11) is 0. The van der Waals surface area contributed by atoms with Crippen LogP contribution in [-0.4, -0.2) is 29.4 Å². The van der Waals surface area contributed by atoms with Gasteiger partial charge in [0.25, 0.3) is 0 Å². The number of amides is 2. The van der Waals surface area contributed by atoms with Crippen LogP contribution < -0.4 is 10.6 Å². The van der Waals surface area contributed by atoms with E-state index in [0.717, 1.165) is 10.4 Å². The Kier molecular flexibility index (Phi) is 6.32. The maximum atomic E-state index is 12.0. The number of thiophene rings is 1. The Balaban J connectivity index is 2.69. The molecule has 0 unspecified atom stereocenters. The van der Waals surface area contributed by atoms with Crippen LogP contribution in [0.1, 0.15) is 54.9 Å². The zero-order valence-electron chi connectivity index (χ0n) is 14.2. The van der Waals surface area contributed by atoms with E-state index < -0.39 is 11.4 Å². The summed E-state index contributed by atoms with van der Waals surface area (Å²) < 4.78 is 0. The Labute approximate surface area is 140 Å². The number of hydrogen-bond donors (Lipinski definition) is 3. The number of aryl methyl sites for hydroxylation is 1. The van der Waals surface area contributed by atoms with Crippen LogP contribution in [0.25, 0.3) is 0 Å². The lowest BCUT2D eigenvalue weighted by molar-refractivity contribution is -0.128. The molecule has 2 amide bonds. The van der Waals surface area contributed by atoms with Crippen molar-refractivity contribution >= 4 is 34.1 Å². The minimum atomic E-state index is -1.04. The van der Waals surface area contributed by atoms with Gasteiger partial charge in [0, 0.05) is 23.3 Å². The molecule has 0 aliphatic rings. The molecule has 0 aliphatic heterocycles. The molecule has 1 heterocycles. The van der Waals surface area contributed by atoms with Crippen LogP contribution in [-0.2, 0) is 16.0 Å². The fourth-order valence-electron chi connectivity index (χ4n) is 2.06. The fraction of sp³-hybridized carbons (Fsp3) is 0.562. The normalized spacial score (nSPS) is 11.2. The molecule has 1 aromatic rings. The minimum absolute atomic E-state index is 0.0965. The van der Waals surface area contributed by atoms with E-state index in [2.05, 4.69) is 10.6 Å². The van der Waals surface area contributed by atoms with Crippen molar-refractivity contribution in [2.24, 2.45) is 5.41 Å². The predicted octanol–water partition coefficient (Wildman–Crippen LogP) is 2.81. The summed E-state index contributed by atoms with van der Waals surface area (Å²) in [4.78, 5) is 36.0. The number of carboxylic acid groups (broad SMARTS) is 1. The first-order chi connectivity index (χ1) is 10.6. The quantitative estimate of drug-likeness (QED) is 0.742. The molecule has 23 heavy (non-hydrogen) atoms. The number of nitrogens with one attached hydrogen (secondary N) is 2. The highest BCUT2D eigenvalue weighted by molar-refractivity contribution is 7.16. The molecule has 0 atom stereocenters. The van der Waals surface area contributed by atoms with E-state index in [4.69, 9.17) is 0 Å². The van der Waals surface area contributed by atoms with E-state index in [1.165, 1.54) is 11.3 Å². The van der Waals surface area contributed by atoms with Gasteiger partial charge in [-0.3, -0.25) is 9.59 Å². The van der Waals surface area contributed by atoms with Gasteiger partial charge in [-0.05, 0) is 18.9 Å². The molecule has 1 rings (SSSR count). The Morgan fingerprint density at radius 2 is 1.83 bits per heavy atom. The van der Waals surface area contributed by atoms with Crippen LogP contribution in [0.2, 0.25) is 0 Å². The average Bonchev–Trinajstić information content (AvgIpc) is 2.72. The maximum Gasteiger partial charge on any atom is 0.339 e. The molecule has 0 saturated heterocycles. The minimum Gasteiger partial charge on any atom is -0.478 e. The maximum absolute atomic E-state index is 12.0. The van der Waals surface area contributed by atoms with Gasteiger partial charge in [0.2, 0.25) is 11.8 Å². The number of carbonyl (C=O) groups excluding carboxylic acids is 2. The molecule has 3 N–H and O–H groups in total. The molecule has 0 bridgehead atoms. The lowest BCUT2D eigenvalue weighted by Gasteiger charge is -2.17. The standard InChI is InChI=1S/C16H24N2O4S/c1-6-10-9(2)23-13(12(10)14(20)21)18-11(19)7-8-17-15(22)16(3,4)5/h6-8H2,1-5H3,(H,17,22)(H,18,19)(H,20,21). The van der Waals surface area contributed by atoms with Crippen LogP contribution in [0.4, 0.5) is 5.00 Å². The van der Waals surface area contributed by atoms with Gasteiger partial charge in [-0.15, -0.1) is 11.3 Å². The predicted molar refractivity (Wildman–Crippen MR) is 91.1 cm³/mol. The molecule has 0 aromatic carbocycles. The highest BCUT2D eigenvalue weighted by Gasteiger charge is 2.23. The average molecular weight is 340 g/mol. The van der Waals surface area contributed by atoms with Crippen molar-refractivity contribution in [3.05, 3.63) is 16.0 Å². The van der Waals surface area contributed by atoms with E-state index >= 15 is 0 Å². The fourth-order valence-corrected chi connectivity index (χ4v) is 3.22. The topological polar surface area (TPSA) is 95.5 Å². The lowest BCUT2D eigenvalue weighted by Crippen LogP contribution is -2.36. The molecular formula is C16H24N2O4S. The summed E-state index contributed by atoms with van der Waals surface area (Å²) in [5.74, 6) is -1.48. The van der Waals surface area contributed by atoms with Gasteiger partial charge in [-0.2, -0.15) is 0 Å². The number of aromatic carboxylic acids is 1. The molecule has 0 saturated carbocycles. The van der Waals surface area contributed by atoms with Gasteiger partial charge in [0.15, 0.2) is 0 Å². The van der Waals surface area contributed by atoms with Crippen LogP contribution in [0.5, 0.6) is 0 Å². The summed E-state index contributed by atoms with van der Waals surface area (Å²) in [6, 6.07) is 0. The van der Waals surface area contributed by atoms with Gasteiger partial charge in [-0.25, -0.2) is 4.79 Å². The third-order valence-corrected chi connectivity index (χ3v) is 4.41. The molecule has 128 valence electrons. The highest BCUT2D eigenvalue weighted by Crippen LogP contribution is 2.33. The van der Waals surface area contributed by atoms with Crippen molar-refractivity contribution in [2.75, 3.05) is 11.9 Å². The zero-order chi connectivity index (χ0) is 17.8. The van der Waals surface area contributed by atoms with Crippen molar-refractivity contribution in [3.63, 3.8) is 0 Å². The van der Waals surface area contributed by atoms with Crippen molar-refractivity contribution in [3.8, 4) is 0 Å². The summed E-state index contributed by atoms with van der Waals surface area (Å²) in [6.07, 6.45) is 0.695. The third kappa shape index (κ3) is 5.06. The third-order valence-electron chi connectivity index (χ3n) is 3.35. The molecule has 7 heteroatoms. The van der Waals surface area contributed by atoms with Crippen molar-refractivity contribution in [1.82, 2.24) is 5.32 Å². The van der Waals surface area contributed by atoms with Crippen LogP contribution in [0.3, 0.4) is 0 Å². The van der Waals surface area contributed by atoms with Gasteiger partial charge < -0.3 is 15.7 Å². The largest absolute Gasteiger partial charge is 0.478 e. The van der Waals surface area contributed by atoms with Crippen LogP contribution in [0, 0.1) is 12.3 Å². The van der Waals surface area contributed by atoms with Crippen molar-refractivity contribution < 1.29 is 19.5 Å². The SMILES string of the molecule is CCc1c(C)sc(NC(=O)CCNC(=O)C(C)(C)C)c1C(=O)O. The highest BCUT2D eigenvalue weighted by atomic mass is 32.1. The van der Waals surface area contributed by atoms with E-state index in [0.29, 0.717) is 11.4 Å². The van der Waals surface area contributed by atoms with Crippen LogP contribution in [0.15, 0.2) is 0 Å². The molecular weight excluding hydrogens is 316 g/mol. The van der Waals surface area contributed by atoms with Gasteiger partial charge in [0.05, 0.1) is 5.56 Å². The smallest absolute Gasteiger partial charge is 0.339 e. The Bertz CT molecular complexity index is 614. The second-order valence-corrected chi connectivity index (χ2v) is 7.53. The first-order valence-corrected chi connectivity index (χ1v) is 8.33. The first kappa shape index (κ1) is 19.2. The summed E-state index contributed by atoms with van der Waals surface area (Å²) >= 11 is 1.27. The monoisotopic (exact) mass is 340 g/mol. The van der Waals surface area contributed by atoms with Crippen molar-refractivity contribution in [1.29, 1.82) is 0 Å². The molecule has 0 fully saturated rings. The van der Waals surface area contributed by atoms with E-state index in [9.17, 15) is 19.5 Å². The second-order valence-electron chi connectivity index (χ2n) is 6.30. The van der Waals surface area contributed by atoms with Crippen molar-refractivity contribution in [2.45, 2.75) is 47.5 Å². The number of rotatable bonds is 6. The molecule has 0 radical (unpaired) electrons. The molecule has 6 nitrogen and oxygen atoms in total. The Morgan fingerprint density at radius 3 is 2.30 bits per heavy atom. The number of hydrogen-bond acceptors (Lipinski definition) is 4. The molecule has 0 aliphatic carbocycles. The van der Waals surface area contributed by atoms with Gasteiger partial charge >= 0.3 is 5.97 Å². The zero-order valence-corrected chi connectivity index (χ0v) is 15.0. The van der Waals surface area contributed by atoms with Gasteiger partial charge in [-0.1, -0.05) is 27.7 Å². The molecule has 0 spiro atoms. The number of anilines is 1. The Hall–Kier alpha value is -1.89. The van der Waals surface area contributed by atoms with Crippen LogP contribution >= 0.6 is 11.3 Å². The van der Waals surface area contributed by atoms with E-state index in [-0.39, 0.29) is 30.3 Å². The summed E-state index contributed by atoms with van der Waals surface area (Å²) in [6.45, 7) is 9.33. The molecule has 1 aromatic heterocycles. The number of carbonyl (C=O) groups is 3. The number of carboxylic acids is 1. The summed E-state index contributed by atoms with van der Waals surface area (Å²) in [5, 5.41) is 15.0. The first-order valence-electron chi connectivity index (χ1n) is 7.51. The van der Waals surface area contributed by atoms with E-state index in [1.54, 1.807) is 20.8 Å². The lowest BCUT2D eigenvalue weighted by atomic mass is 9.96. The van der Waals surface area contributed by atoms with E-state index in [1.807, 2.05) is 13.8 Å².